The third-order valence-electron chi connectivity index (χ3n) is 3.50. The van der Waals surface area contributed by atoms with Crippen LogP contribution in [0.15, 0.2) is 48.5 Å². The van der Waals surface area contributed by atoms with Crippen LogP contribution in [0.4, 0.5) is 10.1 Å². The van der Waals surface area contributed by atoms with Crippen molar-refractivity contribution < 1.29 is 13.9 Å². The molecule has 1 atom stereocenters. The molecule has 0 aliphatic carbocycles. The summed E-state index contributed by atoms with van der Waals surface area (Å²) in [5, 5.41) is 14.1. The average Bonchev–Trinajstić information content (AvgIpc) is 3.03. The molecule has 3 rings (SSSR count). The van der Waals surface area contributed by atoms with E-state index in [4.69, 9.17) is 4.74 Å². The van der Waals surface area contributed by atoms with Gasteiger partial charge in [-0.3, -0.25) is 4.79 Å². The fourth-order valence-corrected chi connectivity index (χ4v) is 2.22. The van der Waals surface area contributed by atoms with Gasteiger partial charge in [-0.1, -0.05) is 12.1 Å². The Hall–Kier alpha value is -3.29. The normalized spacial score (nSPS) is 11.8. The highest BCUT2D eigenvalue weighted by Gasteiger charge is 2.15. The number of rotatable bonds is 5. The van der Waals surface area contributed by atoms with Gasteiger partial charge in [0.05, 0.1) is 0 Å². The quantitative estimate of drug-likeness (QED) is 0.771. The number of halogens is 1. The second-order valence-corrected chi connectivity index (χ2v) is 5.41. The Morgan fingerprint density at radius 1 is 1.24 bits per heavy atom. The van der Waals surface area contributed by atoms with Crippen molar-refractivity contribution in [3.8, 4) is 17.1 Å². The summed E-state index contributed by atoms with van der Waals surface area (Å²) in [5.41, 5.74) is 1.37. The maximum Gasteiger partial charge on any atom is 0.265 e. The molecule has 0 bridgehead atoms. The maximum atomic E-state index is 12.9. The van der Waals surface area contributed by atoms with Gasteiger partial charge in [0, 0.05) is 18.3 Å². The lowest BCUT2D eigenvalue weighted by atomic mass is 10.2. The molecule has 0 saturated heterocycles. The molecule has 1 aromatic heterocycles. The number of nitrogens with zero attached hydrogens (tertiary/aromatic N) is 4. The van der Waals surface area contributed by atoms with E-state index in [2.05, 4.69) is 20.8 Å². The van der Waals surface area contributed by atoms with E-state index < -0.39 is 6.10 Å². The van der Waals surface area contributed by atoms with Crippen LogP contribution in [0.1, 0.15) is 6.92 Å². The van der Waals surface area contributed by atoms with Crippen molar-refractivity contribution in [2.24, 2.45) is 7.05 Å². The van der Waals surface area contributed by atoms with Crippen molar-refractivity contribution in [2.45, 2.75) is 13.0 Å². The SMILES string of the molecule is CC(Oc1ccc(F)cc1)C(=O)Nc1cccc(-c2nnnn2C)c1. The van der Waals surface area contributed by atoms with E-state index in [1.807, 2.05) is 6.07 Å². The number of nitrogens with one attached hydrogen (secondary N) is 1. The molecule has 1 N–H and O–H groups in total. The summed E-state index contributed by atoms with van der Waals surface area (Å²) in [6.45, 7) is 1.62. The van der Waals surface area contributed by atoms with Crippen LogP contribution in [0.5, 0.6) is 5.75 Å². The molecule has 0 saturated carbocycles. The lowest BCUT2D eigenvalue weighted by Gasteiger charge is -2.15. The van der Waals surface area contributed by atoms with Crippen molar-refractivity contribution in [1.82, 2.24) is 20.2 Å². The van der Waals surface area contributed by atoms with Gasteiger partial charge in [-0.25, -0.2) is 9.07 Å². The molecular formula is C17H16FN5O2. The Morgan fingerprint density at radius 3 is 2.68 bits per heavy atom. The van der Waals surface area contributed by atoms with Gasteiger partial charge in [-0.05, 0) is 53.7 Å². The summed E-state index contributed by atoms with van der Waals surface area (Å²) in [5.74, 6) is 0.326. The number of aromatic nitrogens is 4. The number of hydrogen-bond acceptors (Lipinski definition) is 5. The lowest BCUT2D eigenvalue weighted by Crippen LogP contribution is -2.30. The molecular weight excluding hydrogens is 325 g/mol. The summed E-state index contributed by atoms with van der Waals surface area (Å²) in [4.78, 5) is 12.3. The minimum atomic E-state index is -0.745. The molecule has 25 heavy (non-hydrogen) atoms. The lowest BCUT2D eigenvalue weighted by molar-refractivity contribution is -0.122. The Morgan fingerprint density at radius 2 is 2.00 bits per heavy atom. The van der Waals surface area contributed by atoms with Crippen molar-refractivity contribution >= 4 is 11.6 Å². The van der Waals surface area contributed by atoms with Crippen LogP contribution >= 0.6 is 0 Å². The van der Waals surface area contributed by atoms with Crippen LogP contribution in [0, 0.1) is 5.82 Å². The van der Waals surface area contributed by atoms with E-state index in [-0.39, 0.29) is 11.7 Å². The number of carbonyl (C=O) groups is 1. The zero-order chi connectivity index (χ0) is 17.8. The molecule has 0 fully saturated rings. The van der Waals surface area contributed by atoms with Crippen LogP contribution in [0.2, 0.25) is 0 Å². The molecule has 1 unspecified atom stereocenters. The number of carbonyl (C=O) groups excluding carboxylic acids is 1. The van der Waals surface area contributed by atoms with Crippen molar-refractivity contribution in [3.05, 3.63) is 54.3 Å². The molecule has 8 heteroatoms. The molecule has 0 aliphatic heterocycles. The third kappa shape index (κ3) is 3.97. The highest BCUT2D eigenvalue weighted by Crippen LogP contribution is 2.20. The van der Waals surface area contributed by atoms with E-state index >= 15 is 0 Å². The maximum absolute atomic E-state index is 12.9. The van der Waals surface area contributed by atoms with Gasteiger partial charge in [0.15, 0.2) is 11.9 Å². The van der Waals surface area contributed by atoms with Gasteiger partial charge >= 0.3 is 0 Å². The first-order valence-corrected chi connectivity index (χ1v) is 7.59. The first-order chi connectivity index (χ1) is 12.0. The molecule has 0 aliphatic rings. The number of aryl methyl sites for hydroxylation is 1. The smallest absolute Gasteiger partial charge is 0.265 e. The molecule has 128 valence electrons. The minimum absolute atomic E-state index is 0.322. The van der Waals surface area contributed by atoms with Gasteiger partial charge < -0.3 is 10.1 Å². The van der Waals surface area contributed by atoms with Crippen LogP contribution < -0.4 is 10.1 Å². The van der Waals surface area contributed by atoms with Crippen LogP contribution in [-0.4, -0.2) is 32.2 Å². The Balaban J connectivity index is 1.68. The van der Waals surface area contributed by atoms with Crippen LogP contribution in [0.25, 0.3) is 11.4 Å². The van der Waals surface area contributed by atoms with Gasteiger partial charge in [0.1, 0.15) is 11.6 Å². The van der Waals surface area contributed by atoms with E-state index in [9.17, 15) is 9.18 Å². The summed E-state index contributed by atoms with van der Waals surface area (Å²) in [6.07, 6.45) is -0.745. The number of ether oxygens (including phenoxy) is 1. The summed E-state index contributed by atoms with van der Waals surface area (Å²) >= 11 is 0. The first kappa shape index (κ1) is 16.6. The van der Waals surface area contributed by atoms with Crippen molar-refractivity contribution in [2.75, 3.05) is 5.32 Å². The zero-order valence-corrected chi connectivity index (χ0v) is 13.7. The van der Waals surface area contributed by atoms with E-state index in [0.29, 0.717) is 17.3 Å². The molecule has 7 nitrogen and oxygen atoms in total. The number of benzene rings is 2. The van der Waals surface area contributed by atoms with Crippen molar-refractivity contribution in [3.63, 3.8) is 0 Å². The molecule has 0 radical (unpaired) electrons. The van der Waals surface area contributed by atoms with Gasteiger partial charge in [-0.15, -0.1) is 5.10 Å². The number of amides is 1. The predicted molar refractivity (Wildman–Crippen MR) is 89.4 cm³/mol. The standard InChI is InChI=1S/C17H16FN5O2/c1-11(25-15-8-6-13(18)7-9-15)17(24)19-14-5-3-4-12(10-14)16-20-21-22-23(16)2/h3-11H,1-2H3,(H,19,24). The Kier molecular flexibility index (Phi) is 4.69. The molecule has 2 aromatic carbocycles. The second-order valence-electron chi connectivity index (χ2n) is 5.41. The topological polar surface area (TPSA) is 81.9 Å². The highest BCUT2D eigenvalue weighted by molar-refractivity contribution is 5.94. The highest BCUT2D eigenvalue weighted by atomic mass is 19.1. The van der Waals surface area contributed by atoms with Crippen molar-refractivity contribution in [1.29, 1.82) is 0 Å². The van der Waals surface area contributed by atoms with E-state index in [1.54, 1.807) is 36.9 Å². The summed E-state index contributed by atoms with van der Waals surface area (Å²) in [6, 6.07) is 12.7. The van der Waals surface area contributed by atoms with Gasteiger partial charge in [0.25, 0.3) is 5.91 Å². The molecule has 0 spiro atoms. The predicted octanol–water partition coefficient (Wildman–Crippen LogP) is 2.42. The second kappa shape index (κ2) is 7.08. The summed E-state index contributed by atoms with van der Waals surface area (Å²) in [7, 11) is 1.74. The van der Waals surface area contributed by atoms with Crippen LogP contribution in [0.3, 0.4) is 0 Å². The Labute approximate surface area is 143 Å². The fraction of sp³-hybridized carbons (Fsp3) is 0.176. The summed E-state index contributed by atoms with van der Waals surface area (Å²) < 4.78 is 20.0. The number of anilines is 1. The zero-order valence-electron chi connectivity index (χ0n) is 13.7. The average molecular weight is 341 g/mol. The Bertz CT molecular complexity index is 879. The molecule has 3 aromatic rings. The molecule has 1 amide bonds. The van der Waals surface area contributed by atoms with E-state index in [1.165, 1.54) is 24.3 Å². The number of tetrazole rings is 1. The first-order valence-electron chi connectivity index (χ1n) is 7.59. The van der Waals surface area contributed by atoms with Crippen LogP contribution in [-0.2, 0) is 11.8 Å². The number of hydrogen-bond donors (Lipinski definition) is 1. The van der Waals surface area contributed by atoms with Gasteiger partial charge in [0.2, 0.25) is 0 Å². The minimum Gasteiger partial charge on any atom is -0.481 e. The monoisotopic (exact) mass is 341 g/mol. The van der Waals surface area contributed by atoms with Gasteiger partial charge in [-0.2, -0.15) is 0 Å². The van der Waals surface area contributed by atoms with E-state index in [0.717, 1.165) is 5.56 Å². The largest absolute Gasteiger partial charge is 0.481 e. The molecule has 1 heterocycles. The fourth-order valence-electron chi connectivity index (χ4n) is 2.22. The third-order valence-corrected chi connectivity index (χ3v) is 3.50.